The second-order valence-corrected chi connectivity index (χ2v) is 6.94. The zero-order valence-corrected chi connectivity index (χ0v) is 16.2. The molecule has 0 N–H and O–H groups in total. The van der Waals surface area contributed by atoms with Gasteiger partial charge in [-0.15, -0.1) is 0 Å². The molecule has 2 unspecified atom stereocenters. The van der Waals surface area contributed by atoms with E-state index in [0.29, 0.717) is 18.6 Å². The molecular formula is C20H28NO5. The lowest BCUT2D eigenvalue weighted by molar-refractivity contribution is -0.159. The quantitative estimate of drug-likeness (QED) is 0.551. The highest BCUT2D eigenvalue weighted by atomic mass is 16.6. The number of nitrogens with zero attached hydrogens (tertiary/aromatic N) is 1. The van der Waals surface area contributed by atoms with Crippen LogP contribution in [0.4, 0.5) is 0 Å². The number of esters is 2. The summed E-state index contributed by atoms with van der Waals surface area (Å²) in [5.74, 6) is -0.886. The molecule has 0 spiro atoms. The molecule has 6 nitrogen and oxygen atoms in total. The van der Waals surface area contributed by atoms with Crippen molar-refractivity contribution in [2.24, 2.45) is 5.92 Å². The van der Waals surface area contributed by atoms with Crippen molar-refractivity contribution >= 4 is 11.9 Å². The predicted octanol–water partition coefficient (Wildman–Crippen LogP) is 2.89. The van der Waals surface area contributed by atoms with Crippen molar-refractivity contribution in [3.8, 4) is 0 Å². The molecule has 0 aromatic carbocycles. The van der Waals surface area contributed by atoms with Crippen molar-refractivity contribution in [2.75, 3.05) is 20.3 Å². The molecule has 1 aliphatic rings. The minimum absolute atomic E-state index is 0.0725. The van der Waals surface area contributed by atoms with Crippen LogP contribution in [0.5, 0.6) is 0 Å². The number of carbonyl (C=O) groups excluding carboxylic acids is 2. The normalized spacial score (nSPS) is 23.2. The monoisotopic (exact) mass is 362 g/mol. The summed E-state index contributed by atoms with van der Waals surface area (Å²) in [6.45, 7) is 8.02. The maximum atomic E-state index is 13.1. The summed E-state index contributed by atoms with van der Waals surface area (Å²) in [6, 6.07) is 3.71. The highest BCUT2D eigenvalue weighted by Gasteiger charge is 2.51. The molecule has 2 atom stereocenters. The number of carbonyl (C=O) groups is 2. The number of hydrogen-bond donors (Lipinski definition) is 0. The van der Waals surface area contributed by atoms with E-state index < -0.39 is 11.5 Å². The van der Waals surface area contributed by atoms with Gasteiger partial charge in [-0.2, -0.15) is 0 Å². The van der Waals surface area contributed by atoms with Crippen LogP contribution in [0.15, 0.2) is 35.7 Å². The van der Waals surface area contributed by atoms with E-state index in [1.54, 1.807) is 13.5 Å². The average Bonchev–Trinajstić information content (AvgIpc) is 3.09. The lowest BCUT2D eigenvalue weighted by atomic mass is 9.70. The first-order chi connectivity index (χ1) is 12.3. The van der Waals surface area contributed by atoms with Crippen LogP contribution in [-0.4, -0.2) is 42.9 Å². The van der Waals surface area contributed by atoms with Crippen molar-refractivity contribution in [2.45, 2.75) is 45.8 Å². The third-order valence-electron chi connectivity index (χ3n) is 4.63. The van der Waals surface area contributed by atoms with E-state index in [2.05, 4.69) is 0 Å². The summed E-state index contributed by atoms with van der Waals surface area (Å²) in [6.07, 6.45) is 5.69. The van der Waals surface area contributed by atoms with Crippen LogP contribution in [0.25, 0.3) is 0 Å². The Bertz CT molecular complexity index is 662. The molecule has 0 fully saturated rings. The molecule has 1 aromatic rings. The molecule has 0 amide bonds. The van der Waals surface area contributed by atoms with Crippen molar-refractivity contribution in [1.29, 1.82) is 0 Å². The Morgan fingerprint density at radius 2 is 1.92 bits per heavy atom. The van der Waals surface area contributed by atoms with Gasteiger partial charge in [-0.1, -0.05) is 12.5 Å². The van der Waals surface area contributed by atoms with E-state index in [0.717, 1.165) is 5.57 Å². The summed E-state index contributed by atoms with van der Waals surface area (Å²) < 4.78 is 17.6. The van der Waals surface area contributed by atoms with Gasteiger partial charge in [0.1, 0.15) is 6.61 Å². The molecule has 143 valence electrons. The lowest BCUT2D eigenvalue weighted by Crippen LogP contribution is -2.52. The standard InChI is InChI=1S/C20H28NO5/c1-14(2)26-19(23)20(21-8-6-7-9-21)13-17(15(3)12-16(20)4)18(22)25-11-10-24-5/h6-9,13-14,16H,10-12H2,1-5H3. The fourth-order valence-electron chi connectivity index (χ4n) is 3.32. The highest BCUT2D eigenvalue weighted by molar-refractivity contribution is 5.95. The molecule has 2 rings (SSSR count). The van der Waals surface area contributed by atoms with Gasteiger partial charge >= 0.3 is 11.9 Å². The third kappa shape index (κ3) is 4.01. The Hall–Kier alpha value is -2.08. The summed E-state index contributed by atoms with van der Waals surface area (Å²) >= 11 is 0. The molecular weight excluding hydrogens is 334 g/mol. The van der Waals surface area contributed by atoms with E-state index in [9.17, 15) is 9.59 Å². The summed E-state index contributed by atoms with van der Waals surface area (Å²) in [4.78, 5) is 25.7. The van der Waals surface area contributed by atoms with Crippen LogP contribution < -0.4 is 0 Å². The van der Waals surface area contributed by atoms with Crippen LogP contribution in [-0.2, 0) is 29.3 Å². The summed E-state index contributed by atoms with van der Waals surface area (Å²) in [5.41, 5.74) is 0.247. The largest absolute Gasteiger partial charge is 0.461 e. The number of methoxy groups -OCH3 is 1. The van der Waals surface area contributed by atoms with Crippen LogP contribution in [0.3, 0.4) is 0 Å². The topological polar surface area (TPSA) is 66.8 Å². The van der Waals surface area contributed by atoms with Gasteiger partial charge in [-0.3, -0.25) is 0 Å². The molecule has 26 heavy (non-hydrogen) atoms. The smallest absolute Gasteiger partial charge is 0.334 e. The molecule has 1 aliphatic carbocycles. The number of aromatic nitrogens is 1. The molecule has 0 saturated heterocycles. The van der Waals surface area contributed by atoms with Crippen LogP contribution in [0, 0.1) is 12.3 Å². The summed E-state index contributed by atoms with van der Waals surface area (Å²) in [5, 5.41) is 0. The third-order valence-corrected chi connectivity index (χ3v) is 4.63. The highest BCUT2D eigenvalue weighted by Crippen LogP contribution is 2.43. The fraction of sp³-hybridized carbons (Fsp3) is 0.550. The second kappa shape index (κ2) is 8.54. The van der Waals surface area contributed by atoms with Gasteiger partial charge < -0.3 is 18.8 Å². The van der Waals surface area contributed by atoms with Crippen LogP contribution >= 0.6 is 0 Å². The Kier molecular flexibility index (Phi) is 6.64. The van der Waals surface area contributed by atoms with Gasteiger partial charge in [0.2, 0.25) is 0 Å². The van der Waals surface area contributed by atoms with Gasteiger partial charge in [0.15, 0.2) is 5.54 Å². The number of ether oxygens (including phenoxy) is 3. The number of rotatable bonds is 7. The van der Waals surface area contributed by atoms with Gasteiger partial charge in [0.05, 0.1) is 12.7 Å². The Morgan fingerprint density at radius 3 is 2.50 bits per heavy atom. The molecule has 0 aliphatic heterocycles. The number of hydrogen-bond acceptors (Lipinski definition) is 5. The predicted molar refractivity (Wildman–Crippen MR) is 97.3 cm³/mol. The molecule has 6 heteroatoms. The Labute approximate surface area is 155 Å². The van der Waals surface area contributed by atoms with E-state index in [1.165, 1.54) is 0 Å². The number of allylic oxidation sites excluding steroid dienone is 1. The Morgan fingerprint density at radius 1 is 1.27 bits per heavy atom. The van der Waals surface area contributed by atoms with E-state index in [-0.39, 0.29) is 24.6 Å². The second-order valence-electron chi connectivity index (χ2n) is 6.94. The first kappa shape index (κ1) is 20.2. The zero-order chi connectivity index (χ0) is 19.3. The Balaban J connectivity index is 2.39. The first-order valence-electron chi connectivity index (χ1n) is 8.89. The van der Waals surface area contributed by atoms with Crippen LogP contribution in [0.2, 0.25) is 0 Å². The van der Waals surface area contributed by atoms with Gasteiger partial charge in [0.25, 0.3) is 0 Å². The zero-order valence-electron chi connectivity index (χ0n) is 16.2. The average molecular weight is 362 g/mol. The molecule has 0 bridgehead atoms. The molecule has 1 aromatic heterocycles. The van der Waals surface area contributed by atoms with Crippen LogP contribution in [0.1, 0.15) is 34.1 Å². The van der Waals surface area contributed by atoms with E-state index in [4.69, 9.17) is 14.2 Å². The fourth-order valence-corrected chi connectivity index (χ4v) is 3.32. The minimum Gasteiger partial charge on any atom is -0.461 e. The van der Waals surface area contributed by atoms with Gasteiger partial charge in [-0.25, -0.2) is 9.59 Å². The molecule has 1 radical (unpaired) electrons. The first-order valence-corrected chi connectivity index (χ1v) is 8.89. The molecule has 0 saturated carbocycles. The maximum absolute atomic E-state index is 13.1. The van der Waals surface area contributed by atoms with E-state index in [1.807, 2.05) is 56.8 Å². The maximum Gasteiger partial charge on any atom is 0.334 e. The van der Waals surface area contributed by atoms with E-state index >= 15 is 0 Å². The van der Waals surface area contributed by atoms with Crippen molar-refractivity contribution < 1.29 is 23.8 Å². The lowest BCUT2D eigenvalue weighted by Gasteiger charge is -2.42. The summed E-state index contributed by atoms with van der Waals surface area (Å²) in [7, 11) is 1.55. The van der Waals surface area contributed by atoms with Crippen molar-refractivity contribution in [3.63, 3.8) is 0 Å². The molecule has 1 heterocycles. The van der Waals surface area contributed by atoms with Gasteiger partial charge in [-0.05, 0) is 45.2 Å². The minimum atomic E-state index is -1.08. The van der Waals surface area contributed by atoms with Crippen molar-refractivity contribution in [3.05, 3.63) is 42.1 Å². The van der Waals surface area contributed by atoms with Gasteiger partial charge in [0, 0.05) is 31.5 Å². The SMILES string of the molecule is COCCOC(=O)C1=C(C)CC(C)C(C(=O)OC(C)C)(n2cccc2)[CH]1. The van der Waals surface area contributed by atoms with Crippen molar-refractivity contribution in [1.82, 2.24) is 4.57 Å².